The summed E-state index contributed by atoms with van der Waals surface area (Å²) in [6.45, 7) is 0. The summed E-state index contributed by atoms with van der Waals surface area (Å²) >= 11 is 5.19. The van der Waals surface area contributed by atoms with Crippen molar-refractivity contribution in [2.24, 2.45) is 0 Å². The maximum atomic E-state index is 11.2. The molecule has 0 atom stereocenters. The molecule has 0 aliphatic carbocycles. The zero-order valence-corrected chi connectivity index (χ0v) is 8.12. The third-order valence-corrected chi connectivity index (χ3v) is 2.13. The van der Waals surface area contributed by atoms with Crippen LogP contribution >= 0.6 is 11.6 Å². The number of phenols is 1. The molecular weight excluding hydrogens is 220 g/mol. The molecule has 4 nitrogen and oxygen atoms in total. The Morgan fingerprint density at radius 1 is 1.33 bits per heavy atom. The number of phenolic OH excluding ortho intramolecular Hbond substituents is 1. The smallest absolute Gasteiger partial charge is 0.348 e. The second-order valence-corrected chi connectivity index (χ2v) is 3.29. The van der Waals surface area contributed by atoms with Crippen LogP contribution in [-0.4, -0.2) is 10.3 Å². The van der Waals surface area contributed by atoms with Crippen molar-refractivity contribution in [2.75, 3.05) is 0 Å². The first-order chi connectivity index (χ1) is 7.08. The van der Waals surface area contributed by atoms with Gasteiger partial charge < -0.3 is 9.52 Å². The molecular formula is C10H5ClO4. The molecule has 1 aromatic carbocycles. The number of hydrogen-bond donors (Lipinski definition) is 1. The third kappa shape index (κ3) is 1.71. The molecule has 0 saturated carbocycles. The van der Waals surface area contributed by atoms with Crippen LogP contribution in [0.2, 0.25) is 0 Å². The molecule has 2 aromatic rings. The standard InChI is InChI=1S/C10H5ClO4/c11-9(13)7-3-5-1-2-6(12)4-8(5)15-10(7)14/h1-4,12H. The van der Waals surface area contributed by atoms with E-state index in [4.69, 9.17) is 21.1 Å². The van der Waals surface area contributed by atoms with Crippen LogP contribution in [0.5, 0.6) is 5.75 Å². The van der Waals surface area contributed by atoms with E-state index in [1.54, 1.807) is 0 Å². The number of carbonyl (C=O) groups excluding carboxylic acids is 1. The quantitative estimate of drug-likeness (QED) is 0.593. The van der Waals surface area contributed by atoms with Crippen molar-refractivity contribution in [3.8, 4) is 5.75 Å². The Morgan fingerprint density at radius 3 is 2.73 bits per heavy atom. The summed E-state index contributed by atoms with van der Waals surface area (Å²) in [5.41, 5.74) is -0.815. The Labute approximate surface area is 88.7 Å². The van der Waals surface area contributed by atoms with Crippen LogP contribution in [0.1, 0.15) is 10.4 Å². The first-order valence-electron chi connectivity index (χ1n) is 4.04. The number of rotatable bonds is 1. The number of carbonyl (C=O) groups is 1. The van der Waals surface area contributed by atoms with Gasteiger partial charge in [-0.2, -0.15) is 0 Å². The molecule has 15 heavy (non-hydrogen) atoms. The SMILES string of the molecule is O=C(Cl)c1cc2ccc(O)cc2oc1=O. The number of fused-ring (bicyclic) bond motifs is 1. The van der Waals surface area contributed by atoms with Gasteiger partial charge in [0.05, 0.1) is 0 Å². The molecule has 0 unspecified atom stereocenters. The molecule has 0 bridgehead atoms. The molecule has 0 spiro atoms. The van der Waals surface area contributed by atoms with E-state index < -0.39 is 10.9 Å². The van der Waals surface area contributed by atoms with Gasteiger partial charge in [-0.3, -0.25) is 4.79 Å². The molecule has 0 aliphatic rings. The van der Waals surface area contributed by atoms with Crippen LogP contribution in [0.4, 0.5) is 0 Å². The fraction of sp³-hybridized carbons (Fsp3) is 0. The van der Waals surface area contributed by atoms with E-state index in [0.717, 1.165) is 0 Å². The highest BCUT2D eigenvalue weighted by atomic mass is 35.5. The van der Waals surface area contributed by atoms with Crippen LogP contribution in [-0.2, 0) is 0 Å². The maximum absolute atomic E-state index is 11.2. The average Bonchev–Trinajstić information content (AvgIpc) is 2.15. The second-order valence-electron chi connectivity index (χ2n) is 2.94. The molecule has 76 valence electrons. The Morgan fingerprint density at radius 2 is 2.07 bits per heavy atom. The van der Waals surface area contributed by atoms with Crippen molar-refractivity contribution >= 4 is 27.8 Å². The number of halogens is 1. The van der Waals surface area contributed by atoms with Gasteiger partial charge in [0.2, 0.25) is 0 Å². The van der Waals surface area contributed by atoms with Crippen LogP contribution in [0.25, 0.3) is 11.0 Å². The molecule has 1 N–H and O–H groups in total. The third-order valence-electron chi connectivity index (χ3n) is 1.93. The predicted molar refractivity (Wildman–Crippen MR) is 54.3 cm³/mol. The van der Waals surface area contributed by atoms with E-state index in [1.807, 2.05) is 0 Å². The Kier molecular flexibility index (Phi) is 2.21. The summed E-state index contributed by atoms with van der Waals surface area (Å²) in [7, 11) is 0. The maximum Gasteiger partial charge on any atom is 0.348 e. The first kappa shape index (κ1) is 9.73. The minimum Gasteiger partial charge on any atom is -0.508 e. The van der Waals surface area contributed by atoms with Crippen molar-refractivity contribution in [1.82, 2.24) is 0 Å². The van der Waals surface area contributed by atoms with E-state index in [1.165, 1.54) is 24.3 Å². The molecule has 1 aromatic heterocycles. The topological polar surface area (TPSA) is 67.5 Å². The highest BCUT2D eigenvalue weighted by Gasteiger charge is 2.11. The van der Waals surface area contributed by atoms with E-state index >= 15 is 0 Å². The van der Waals surface area contributed by atoms with Crippen molar-refractivity contribution in [3.63, 3.8) is 0 Å². The van der Waals surface area contributed by atoms with E-state index in [-0.39, 0.29) is 16.9 Å². The van der Waals surface area contributed by atoms with Crippen molar-refractivity contribution in [2.45, 2.75) is 0 Å². The summed E-state index contributed by atoms with van der Waals surface area (Å²) in [4.78, 5) is 22.1. The molecule has 0 aliphatic heterocycles. The van der Waals surface area contributed by atoms with Gasteiger partial charge in [0.1, 0.15) is 16.9 Å². The van der Waals surface area contributed by atoms with E-state index in [0.29, 0.717) is 5.39 Å². The summed E-state index contributed by atoms with van der Waals surface area (Å²) in [5, 5.41) is 8.81. The molecule has 0 saturated heterocycles. The zero-order chi connectivity index (χ0) is 11.0. The van der Waals surface area contributed by atoms with Gasteiger partial charge >= 0.3 is 5.63 Å². The number of benzene rings is 1. The van der Waals surface area contributed by atoms with E-state index in [2.05, 4.69) is 0 Å². The first-order valence-corrected chi connectivity index (χ1v) is 4.42. The Bertz CT molecular complexity index is 600. The summed E-state index contributed by atoms with van der Waals surface area (Å²) in [6.07, 6.45) is 0. The second kappa shape index (κ2) is 3.40. The van der Waals surface area contributed by atoms with Crippen molar-refractivity contribution in [1.29, 1.82) is 0 Å². The Hall–Kier alpha value is -1.81. The zero-order valence-electron chi connectivity index (χ0n) is 7.36. The average molecular weight is 225 g/mol. The highest BCUT2D eigenvalue weighted by Crippen LogP contribution is 2.19. The minimum atomic E-state index is -0.862. The van der Waals surface area contributed by atoms with Gasteiger partial charge in [-0.25, -0.2) is 4.79 Å². The molecule has 2 rings (SSSR count). The van der Waals surface area contributed by atoms with Crippen molar-refractivity contribution in [3.05, 3.63) is 40.2 Å². The largest absolute Gasteiger partial charge is 0.508 e. The minimum absolute atomic E-state index is 0.0180. The number of aromatic hydroxyl groups is 1. The lowest BCUT2D eigenvalue weighted by Crippen LogP contribution is -2.09. The summed E-state index contributed by atoms with van der Waals surface area (Å²) in [5.74, 6) is -0.0180. The fourth-order valence-corrected chi connectivity index (χ4v) is 1.37. The van der Waals surface area contributed by atoms with E-state index in [9.17, 15) is 9.59 Å². The van der Waals surface area contributed by atoms with Gasteiger partial charge in [0.15, 0.2) is 0 Å². The molecule has 0 fully saturated rings. The molecule has 0 radical (unpaired) electrons. The van der Waals surface area contributed by atoms with Gasteiger partial charge in [-0.05, 0) is 29.8 Å². The van der Waals surface area contributed by atoms with Crippen LogP contribution in [0.3, 0.4) is 0 Å². The lowest BCUT2D eigenvalue weighted by atomic mass is 10.2. The van der Waals surface area contributed by atoms with Gasteiger partial charge in [0, 0.05) is 11.5 Å². The number of hydrogen-bond acceptors (Lipinski definition) is 4. The van der Waals surface area contributed by atoms with Crippen LogP contribution in [0.15, 0.2) is 33.5 Å². The van der Waals surface area contributed by atoms with Crippen molar-refractivity contribution < 1.29 is 14.3 Å². The van der Waals surface area contributed by atoms with Gasteiger partial charge in [-0.15, -0.1) is 0 Å². The lowest BCUT2D eigenvalue weighted by molar-refractivity contribution is 0.107. The summed E-state index contributed by atoms with van der Waals surface area (Å²) in [6, 6.07) is 5.57. The molecule has 5 heteroatoms. The molecule has 0 amide bonds. The highest BCUT2D eigenvalue weighted by molar-refractivity contribution is 6.67. The fourth-order valence-electron chi connectivity index (χ4n) is 1.24. The van der Waals surface area contributed by atoms with Gasteiger partial charge in [-0.1, -0.05) is 0 Å². The predicted octanol–water partition coefficient (Wildman–Crippen LogP) is 1.88. The Balaban J connectivity index is 2.82. The van der Waals surface area contributed by atoms with Crippen LogP contribution < -0.4 is 5.63 Å². The lowest BCUT2D eigenvalue weighted by Gasteiger charge is -1.98. The summed E-state index contributed by atoms with van der Waals surface area (Å²) < 4.78 is 4.81. The normalized spacial score (nSPS) is 10.5. The molecule has 1 heterocycles. The van der Waals surface area contributed by atoms with Crippen LogP contribution in [0, 0.1) is 0 Å². The van der Waals surface area contributed by atoms with Gasteiger partial charge in [0.25, 0.3) is 5.24 Å². The monoisotopic (exact) mass is 224 g/mol.